The van der Waals surface area contributed by atoms with Crippen molar-refractivity contribution in [2.24, 2.45) is 11.3 Å². The van der Waals surface area contributed by atoms with Crippen LogP contribution in [0.1, 0.15) is 60.5 Å². The average Bonchev–Trinajstić information content (AvgIpc) is 2.77. The molecule has 36 heavy (non-hydrogen) atoms. The molecule has 10 heteroatoms. The second-order valence-electron chi connectivity index (χ2n) is 11.2. The Balaban J connectivity index is 2.05. The zero-order valence-corrected chi connectivity index (χ0v) is 23.0. The molecule has 1 heterocycles. The molecule has 3 amide bonds. The van der Waals surface area contributed by atoms with Gasteiger partial charge < -0.3 is 30.5 Å². The molecule has 1 unspecified atom stereocenters. The lowest BCUT2D eigenvalue weighted by atomic mass is 9.66. The van der Waals surface area contributed by atoms with Gasteiger partial charge in [0, 0.05) is 23.5 Å². The molecule has 0 spiro atoms. The number of halogens is 1. The maximum Gasteiger partial charge on any atom is 0.335 e. The highest BCUT2D eigenvalue weighted by Gasteiger charge is 2.50. The summed E-state index contributed by atoms with van der Waals surface area (Å²) < 4.78 is 5.19. The van der Waals surface area contributed by atoms with Crippen molar-refractivity contribution in [2.75, 3.05) is 19.6 Å². The first kappa shape index (κ1) is 29.9. The number of carbonyl (C=O) groups excluding carboxylic acids is 3. The van der Waals surface area contributed by atoms with Gasteiger partial charge in [-0.15, -0.1) is 0 Å². The van der Waals surface area contributed by atoms with Crippen LogP contribution >= 0.6 is 11.6 Å². The van der Waals surface area contributed by atoms with Crippen LogP contribution in [0.2, 0.25) is 5.02 Å². The molecule has 0 saturated carbocycles. The van der Waals surface area contributed by atoms with E-state index >= 15 is 0 Å². The van der Waals surface area contributed by atoms with E-state index in [2.05, 4.69) is 10.6 Å². The number of piperidine rings is 1. The predicted molar refractivity (Wildman–Crippen MR) is 137 cm³/mol. The fraction of sp³-hybridized carbons (Fsp3) is 0.654. The van der Waals surface area contributed by atoms with Crippen LogP contribution in [0.25, 0.3) is 0 Å². The summed E-state index contributed by atoms with van der Waals surface area (Å²) in [6, 6.07) is 5.75. The third-order valence-electron chi connectivity index (χ3n) is 6.69. The lowest BCUT2D eigenvalue weighted by Crippen LogP contribution is -2.61. The number of carbonyl (C=O) groups is 3. The fourth-order valence-electron chi connectivity index (χ4n) is 4.36. The minimum Gasteiger partial charge on any atom is -0.456 e. The number of benzene rings is 1. The number of hydrogen-bond acceptors (Lipinski definition) is 6. The number of esters is 1. The average molecular weight is 526 g/mol. The van der Waals surface area contributed by atoms with Crippen LogP contribution in [0.5, 0.6) is 0 Å². The van der Waals surface area contributed by atoms with Gasteiger partial charge in [0.15, 0.2) is 0 Å². The maximum absolute atomic E-state index is 13.5. The Morgan fingerprint density at radius 3 is 2.25 bits per heavy atom. The molecule has 202 valence electrons. The van der Waals surface area contributed by atoms with Gasteiger partial charge in [-0.1, -0.05) is 51.4 Å². The monoisotopic (exact) mass is 525 g/mol. The molecule has 4 N–H and O–H groups in total. The van der Waals surface area contributed by atoms with Crippen LogP contribution < -0.4 is 10.6 Å². The Morgan fingerprint density at radius 1 is 1.17 bits per heavy atom. The van der Waals surface area contributed by atoms with Crippen LogP contribution in [0, 0.1) is 11.3 Å². The number of aliphatic hydroxyl groups is 2. The molecule has 0 radical (unpaired) electrons. The smallest absolute Gasteiger partial charge is 0.335 e. The van der Waals surface area contributed by atoms with E-state index in [0.29, 0.717) is 24.5 Å². The highest BCUT2D eigenvalue weighted by Crippen LogP contribution is 2.46. The van der Waals surface area contributed by atoms with Crippen molar-refractivity contribution in [3.05, 3.63) is 34.9 Å². The molecule has 1 saturated heterocycles. The SMILES string of the molecule is CC(O)C(=O)OC(C)(C)CNC(=O)N[C@@H](C(=O)N1CC[C@](O)(c2ccc(Cl)cc2)C(C)(C)C1)C(C)C. The first-order valence-corrected chi connectivity index (χ1v) is 12.6. The van der Waals surface area contributed by atoms with Crippen LogP contribution in [0.4, 0.5) is 4.79 Å². The normalized spacial score (nSPS) is 21.5. The molecule has 1 aromatic rings. The maximum atomic E-state index is 13.5. The highest BCUT2D eigenvalue weighted by molar-refractivity contribution is 6.30. The summed E-state index contributed by atoms with van der Waals surface area (Å²) in [5.74, 6) is -1.21. The summed E-state index contributed by atoms with van der Waals surface area (Å²) in [5.41, 5.74) is -2.09. The van der Waals surface area contributed by atoms with Gasteiger partial charge in [0.2, 0.25) is 5.91 Å². The molecule has 0 aliphatic carbocycles. The molecular weight excluding hydrogens is 486 g/mol. The first-order chi connectivity index (χ1) is 16.5. The summed E-state index contributed by atoms with van der Waals surface area (Å²) in [6.45, 7) is 12.7. The minimum absolute atomic E-state index is 0.0127. The Kier molecular flexibility index (Phi) is 9.42. The van der Waals surface area contributed by atoms with Gasteiger partial charge in [0.25, 0.3) is 0 Å². The van der Waals surface area contributed by atoms with E-state index in [1.807, 2.05) is 39.8 Å². The Hall–Kier alpha value is -2.36. The van der Waals surface area contributed by atoms with Crippen LogP contribution in [0.15, 0.2) is 24.3 Å². The van der Waals surface area contributed by atoms with Crippen LogP contribution in [-0.4, -0.2) is 70.4 Å². The van der Waals surface area contributed by atoms with Crippen molar-refractivity contribution in [3.63, 3.8) is 0 Å². The largest absolute Gasteiger partial charge is 0.456 e. The molecule has 1 fully saturated rings. The van der Waals surface area contributed by atoms with E-state index in [1.165, 1.54) is 6.92 Å². The molecular formula is C26H40ClN3O6. The first-order valence-electron chi connectivity index (χ1n) is 12.2. The van der Waals surface area contributed by atoms with Crippen molar-refractivity contribution in [1.82, 2.24) is 15.5 Å². The van der Waals surface area contributed by atoms with Gasteiger partial charge in [-0.05, 0) is 50.8 Å². The zero-order chi connectivity index (χ0) is 27.5. The minimum atomic E-state index is -1.27. The molecule has 0 bridgehead atoms. The second-order valence-corrected chi connectivity index (χ2v) is 11.6. The third-order valence-corrected chi connectivity index (χ3v) is 6.95. The summed E-state index contributed by atoms with van der Waals surface area (Å²) in [5, 5.41) is 26.9. The van der Waals surface area contributed by atoms with E-state index in [4.69, 9.17) is 16.3 Å². The van der Waals surface area contributed by atoms with Crippen molar-refractivity contribution >= 4 is 29.5 Å². The number of aliphatic hydroxyl groups excluding tert-OH is 1. The van der Waals surface area contributed by atoms with Gasteiger partial charge >= 0.3 is 12.0 Å². The summed E-state index contributed by atoms with van der Waals surface area (Å²) >= 11 is 6.01. The number of nitrogens with one attached hydrogen (secondary N) is 2. The second kappa shape index (κ2) is 11.4. The number of amides is 3. The van der Waals surface area contributed by atoms with E-state index in [9.17, 15) is 24.6 Å². The van der Waals surface area contributed by atoms with Gasteiger partial charge in [-0.2, -0.15) is 0 Å². The molecule has 1 aliphatic rings. The highest BCUT2D eigenvalue weighted by atomic mass is 35.5. The van der Waals surface area contributed by atoms with Gasteiger partial charge in [-0.3, -0.25) is 4.79 Å². The van der Waals surface area contributed by atoms with E-state index in [-0.39, 0.29) is 18.4 Å². The number of urea groups is 1. The van der Waals surface area contributed by atoms with Gasteiger partial charge in [0.1, 0.15) is 17.7 Å². The van der Waals surface area contributed by atoms with Gasteiger partial charge in [0.05, 0.1) is 12.1 Å². The lowest BCUT2D eigenvalue weighted by molar-refractivity contribution is -0.165. The summed E-state index contributed by atoms with van der Waals surface area (Å²) in [6.07, 6.45) is -0.931. The number of ether oxygens (including phenoxy) is 1. The fourth-order valence-corrected chi connectivity index (χ4v) is 4.49. The van der Waals surface area contributed by atoms with Crippen molar-refractivity contribution in [1.29, 1.82) is 0 Å². The van der Waals surface area contributed by atoms with E-state index < -0.39 is 40.8 Å². The van der Waals surface area contributed by atoms with E-state index in [1.54, 1.807) is 30.9 Å². The Labute approximate surface area is 218 Å². The van der Waals surface area contributed by atoms with Crippen LogP contribution in [0.3, 0.4) is 0 Å². The standard InChI is InChI=1S/C26H40ClN3O6/c1-16(2)20(29-23(34)28-14-25(6,7)36-22(33)17(3)31)21(32)30-13-12-26(35,24(4,5)15-30)18-8-10-19(27)11-9-18/h8-11,16-17,20,31,35H,12-15H2,1-7H3,(H2,28,29,34)/t17?,20-,26+/m1/s1. The molecule has 0 aromatic heterocycles. The number of nitrogens with zero attached hydrogens (tertiary/aromatic N) is 1. The number of hydrogen-bond donors (Lipinski definition) is 4. The zero-order valence-electron chi connectivity index (χ0n) is 22.2. The number of likely N-dealkylation sites (tertiary alicyclic amines) is 1. The Bertz CT molecular complexity index is 948. The number of rotatable bonds is 8. The van der Waals surface area contributed by atoms with Crippen molar-refractivity contribution in [2.45, 2.75) is 78.2 Å². The van der Waals surface area contributed by atoms with Gasteiger partial charge in [-0.25, -0.2) is 9.59 Å². The predicted octanol–water partition coefficient (Wildman–Crippen LogP) is 2.81. The summed E-state index contributed by atoms with van der Waals surface area (Å²) in [7, 11) is 0. The molecule has 9 nitrogen and oxygen atoms in total. The van der Waals surface area contributed by atoms with Crippen molar-refractivity contribution < 1.29 is 29.3 Å². The molecule has 1 aromatic carbocycles. The van der Waals surface area contributed by atoms with Crippen LogP contribution in [-0.2, 0) is 19.9 Å². The van der Waals surface area contributed by atoms with Crippen molar-refractivity contribution in [3.8, 4) is 0 Å². The Morgan fingerprint density at radius 2 is 1.75 bits per heavy atom. The third kappa shape index (κ3) is 7.11. The molecule has 1 aliphatic heterocycles. The lowest BCUT2D eigenvalue weighted by Gasteiger charge is -2.51. The summed E-state index contributed by atoms with van der Waals surface area (Å²) in [4.78, 5) is 39.4. The molecule has 3 atom stereocenters. The van der Waals surface area contributed by atoms with E-state index in [0.717, 1.165) is 5.56 Å². The molecule has 2 rings (SSSR count). The quantitative estimate of drug-likeness (QED) is 0.386. The topological polar surface area (TPSA) is 128 Å².